The molecule has 3 heterocycles. The van der Waals surface area contributed by atoms with Crippen molar-refractivity contribution in [2.45, 2.75) is 24.4 Å². The molecule has 0 spiro atoms. The lowest BCUT2D eigenvalue weighted by Gasteiger charge is -2.28. The third-order valence-electron chi connectivity index (χ3n) is 4.42. The lowest BCUT2D eigenvalue weighted by atomic mass is 9.98. The fourth-order valence-electron chi connectivity index (χ4n) is 3.23. The lowest BCUT2D eigenvalue weighted by molar-refractivity contribution is -0.135. The monoisotopic (exact) mass is 327 g/mol. The largest absolute Gasteiger partial charge is 0.496 e. The number of carbonyl (C=O) groups is 1. The van der Waals surface area contributed by atoms with E-state index in [0.717, 1.165) is 29.2 Å². The zero-order chi connectivity index (χ0) is 15.8. The third-order valence-corrected chi connectivity index (χ3v) is 5.74. The number of nitrogens with zero attached hydrogens (tertiary/aromatic N) is 3. The molecule has 2 aliphatic rings. The van der Waals surface area contributed by atoms with Gasteiger partial charge in [-0.25, -0.2) is 9.97 Å². The van der Waals surface area contributed by atoms with Gasteiger partial charge in [-0.1, -0.05) is 12.1 Å². The van der Waals surface area contributed by atoms with Gasteiger partial charge in [0.25, 0.3) is 0 Å². The van der Waals surface area contributed by atoms with Crippen LogP contribution in [0.25, 0.3) is 0 Å². The molecule has 23 heavy (non-hydrogen) atoms. The maximum Gasteiger partial charge on any atom is 0.227 e. The Balaban J connectivity index is 1.51. The van der Waals surface area contributed by atoms with Crippen LogP contribution < -0.4 is 4.74 Å². The molecular formula is C17H17N3O2S. The molecule has 1 aromatic carbocycles. The molecule has 4 rings (SSSR count). The fourth-order valence-corrected chi connectivity index (χ4v) is 4.49. The van der Waals surface area contributed by atoms with E-state index in [9.17, 15) is 4.79 Å². The second-order valence-corrected chi connectivity index (χ2v) is 6.88. The zero-order valence-corrected chi connectivity index (χ0v) is 13.7. The number of rotatable bonds is 2. The molecule has 0 aliphatic carbocycles. The molecular weight excluding hydrogens is 310 g/mol. The molecule has 1 amide bonds. The number of aromatic nitrogens is 2. The molecule has 2 aromatic rings. The van der Waals surface area contributed by atoms with E-state index in [-0.39, 0.29) is 11.8 Å². The molecule has 1 atom stereocenters. The van der Waals surface area contributed by atoms with E-state index < -0.39 is 0 Å². The van der Waals surface area contributed by atoms with Crippen LogP contribution in [0.5, 0.6) is 5.75 Å². The summed E-state index contributed by atoms with van der Waals surface area (Å²) in [6.07, 6.45) is 4.13. The van der Waals surface area contributed by atoms with Gasteiger partial charge in [-0.3, -0.25) is 4.79 Å². The van der Waals surface area contributed by atoms with Crippen molar-refractivity contribution in [3.05, 3.63) is 47.5 Å². The van der Waals surface area contributed by atoms with Crippen LogP contribution >= 0.6 is 11.8 Å². The molecule has 0 radical (unpaired) electrons. The first kappa shape index (κ1) is 14.5. The van der Waals surface area contributed by atoms with Crippen molar-refractivity contribution in [2.75, 3.05) is 12.9 Å². The van der Waals surface area contributed by atoms with Crippen LogP contribution in [-0.2, 0) is 24.3 Å². The Labute approximate surface area is 139 Å². The predicted molar refractivity (Wildman–Crippen MR) is 87.2 cm³/mol. The van der Waals surface area contributed by atoms with Gasteiger partial charge in [-0.05, 0) is 18.1 Å². The van der Waals surface area contributed by atoms with Gasteiger partial charge >= 0.3 is 0 Å². The van der Waals surface area contributed by atoms with E-state index in [0.29, 0.717) is 13.1 Å². The highest BCUT2D eigenvalue weighted by molar-refractivity contribution is 7.99. The van der Waals surface area contributed by atoms with E-state index >= 15 is 0 Å². The molecule has 6 heteroatoms. The predicted octanol–water partition coefficient (Wildman–Crippen LogP) is 2.29. The van der Waals surface area contributed by atoms with Gasteiger partial charge in [-0.2, -0.15) is 0 Å². The van der Waals surface area contributed by atoms with Crippen LogP contribution in [-0.4, -0.2) is 33.6 Å². The molecule has 118 valence electrons. The summed E-state index contributed by atoms with van der Waals surface area (Å²) < 4.78 is 5.42. The van der Waals surface area contributed by atoms with Gasteiger partial charge < -0.3 is 9.64 Å². The topological polar surface area (TPSA) is 55.3 Å². The minimum Gasteiger partial charge on any atom is -0.496 e. The molecule has 1 unspecified atom stereocenters. The van der Waals surface area contributed by atoms with Crippen LogP contribution in [0.1, 0.15) is 16.8 Å². The molecule has 0 saturated carbocycles. The van der Waals surface area contributed by atoms with Gasteiger partial charge in [0, 0.05) is 24.1 Å². The van der Waals surface area contributed by atoms with E-state index in [1.54, 1.807) is 25.2 Å². The van der Waals surface area contributed by atoms with Crippen LogP contribution in [0.2, 0.25) is 0 Å². The van der Waals surface area contributed by atoms with Crippen molar-refractivity contribution < 1.29 is 9.53 Å². The molecule has 0 bridgehead atoms. The number of benzene rings is 1. The van der Waals surface area contributed by atoms with Crippen molar-refractivity contribution in [2.24, 2.45) is 5.92 Å². The van der Waals surface area contributed by atoms with Gasteiger partial charge in [0.15, 0.2) is 0 Å². The standard InChI is InChI=1S/C17H17N3O2S/c1-22-15-4-2-3-11-5-12(9-23-16(11)15)17(21)20-7-13-6-18-10-19-14(13)8-20/h2-4,6,10,12H,5,7-9H2,1H3. The average Bonchev–Trinajstić information content (AvgIpc) is 3.04. The molecule has 5 nitrogen and oxygen atoms in total. The van der Waals surface area contributed by atoms with Crippen LogP contribution in [0.4, 0.5) is 0 Å². The SMILES string of the molecule is COc1cccc2c1SCC(C(=O)N1Cc3cncnc3C1)C2. The Hall–Kier alpha value is -2.08. The van der Waals surface area contributed by atoms with E-state index in [4.69, 9.17) is 4.74 Å². The van der Waals surface area contributed by atoms with Crippen LogP contribution in [0.3, 0.4) is 0 Å². The third kappa shape index (κ3) is 2.57. The fraction of sp³-hybridized carbons (Fsp3) is 0.353. The van der Waals surface area contributed by atoms with Crippen LogP contribution in [0.15, 0.2) is 35.6 Å². The Morgan fingerprint density at radius 1 is 1.35 bits per heavy atom. The van der Waals surface area contributed by atoms with Crippen molar-refractivity contribution in [3.63, 3.8) is 0 Å². The highest BCUT2D eigenvalue weighted by atomic mass is 32.2. The number of fused-ring (bicyclic) bond motifs is 2. The summed E-state index contributed by atoms with van der Waals surface area (Å²) in [7, 11) is 1.69. The number of methoxy groups -OCH3 is 1. The number of carbonyl (C=O) groups excluding carboxylic acids is 1. The van der Waals surface area contributed by atoms with Gasteiger partial charge in [-0.15, -0.1) is 11.8 Å². The molecule has 0 fully saturated rings. The van der Waals surface area contributed by atoms with E-state index in [1.165, 1.54) is 10.5 Å². The minimum absolute atomic E-state index is 0.0156. The quantitative estimate of drug-likeness (QED) is 0.847. The molecule has 1 aromatic heterocycles. The first-order chi connectivity index (χ1) is 11.3. The Morgan fingerprint density at radius 2 is 2.26 bits per heavy atom. The number of amides is 1. The summed E-state index contributed by atoms with van der Waals surface area (Å²) in [6, 6.07) is 6.06. The van der Waals surface area contributed by atoms with Gasteiger partial charge in [0.1, 0.15) is 12.1 Å². The van der Waals surface area contributed by atoms with Crippen LogP contribution in [0, 0.1) is 5.92 Å². The summed E-state index contributed by atoms with van der Waals surface area (Å²) in [5, 5.41) is 0. The normalized spacial score (nSPS) is 19.2. The molecule has 0 N–H and O–H groups in total. The van der Waals surface area contributed by atoms with Crippen molar-refractivity contribution in [1.29, 1.82) is 0 Å². The summed E-state index contributed by atoms with van der Waals surface area (Å²) in [5.41, 5.74) is 3.24. The van der Waals surface area contributed by atoms with Crippen molar-refractivity contribution in [1.82, 2.24) is 14.9 Å². The Morgan fingerprint density at radius 3 is 3.09 bits per heavy atom. The Bertz CT molecular complexity index is 740. The van der Waals surface area contributed by atoms with Crippen molar-refractivity contribution >= 4 is 17.7 Å². The minimum atomic E-state index is 0.0156. The van der Waals surface area contributed by atoms with Gasteiger partial charge in [0.2, 0.25) is 5.91 Å². The molecule has 2 aliphatic heterocycles. The highest BCUT2D eigenvalue weighted by Crippen LogP contribution is 2.40. The van der Waals surface area contributed by atoms with Crippen molar-refractivity contribution in [3.8, 4) is 5.75 Å². The number of thioether (sulfide) groups is 1. The average molecular weight is 327 g/mol. The van der Waals surface area contributed by atoms with Gasteiger partial charge in [0.05, 0.1) is 30.2 Å². The molecule has 0 saturated heterocycles. The second-order valence-electron chi connectivity index (χ2n) is 5.85. The first-order valence-electron chi connectivity index (χ1n) is 7.61. The maximum absolute atomic E-state index is 12.9. The number of ether oxygens (including phenoxy) is 1. The van der Waals surface area contributed by atoms with E-state index in [2.05, 4.69) is 16.0 Å². The summed E-state index contributed by atoms with van der Waals surface area (Å²) in [6.45, 7) is 1.23. The smallest absolute Gasteiger partial charge is 0.227 e. The van der Waals surface area contributed by atoms with E-state index in [1.807, 2.05) is 23.2 Å². The number of hydrogen-bond acceptors (Lipinski definition) is 5. The zero-order valence-electron chi connectivity index (χ0n) is 12.9. The first-order valence-corrected chi connectivity index (χ1v) is 8.60. The Kier molecular flexibility index (Phi) is 3.69. The second kappa shape index (κ2) is 5.85. The summed E-state index contributed by atoms with van der Waals surface area (Å²) in [5.74, 6) is 1.93. The summed E-state index contributed by atoms with van der Waals surface area (Å²) in [4.78, 5) is 24.3. The highest BCUT2D eigenvalue weighted by Gasteiger charge is 2.33. The number of hydrogen-bond donors (Lipinski definition) is 0. The maximum atomic E-state index is 12.9. The summed E-state index contributed by atoms with van der Waals surface area (Å²) >= 11 is 1.72. The lowest BCUT2D eigenvalue weighted by Crippen LogP contribution is -2.35.